The Bertz CT molecular complexity index is 174. The standard InChI is InChI=1S/C9H16N2O/c1-7(2)12-9-5-8(3-4-10)11-6-9/h7-9,11H,3,5-6H2,1-2H3. The van der Waals surface area contributed by atoms with Crippen molar-refractivity contribution in [2.24, 2.45) is 0 Å². The van der Waals surface area contributed by atoms with Gasteiger partial charge < -0.3 is 10.1 Å². The molecule has 0 bridgehead atoms. The minimum Gasteiger partial charge on any atom is -0.374 e. The number of hydrogen-bond donors (Lipinski definition) is 1. The van der Waals surface area contributed by atoms with Crippen molar-refractivity contribution in [2.75, 3.05) is 6.54 Å². The molecule has 0 amide bonds. The van der Waals surface area contributed by atoms with Crippen molar-refractivity contribution in [1.82, 2.24) is 5.32 Å². The van der Waals surface area contributed by atoms with E-state index in [1.54, 1.807) is 0 Å². The zero-order chi connectivity index (χ0) is 8.97. The van der Waals surface area contributed by atoms with E-state index in [9.17, 15) is 0 Å². The Labute approximate surface area is 73.7 Å². The Morgan fingerprint density at radius 3 is 3.00 bits per heavy atom. The van der Waals surface area contributed by atoms with Crippen molar-refractivity contribution < 1.29 is 4.74 Å². The van der Waals surface area contributed by atoms with Crippen LogP contribution in [0, 0.1) is 11.3 Å². The number of rotatable bonds is 3. The van der Waals surface area contributed by atoms with E-state index in [4.69, 9.17) is 10.00 Å². The lowest BCUT2D eigenvalue weighted by atomic mass is 10.1. The molecule has 0 aromatic carbocycles. The largest absolute Gasteiger partial charge is 0.374 e. The molecule has 68 valence electrons. The minimum atomic E-state index is 0.289. The van der Waals surface area contributed by atoms with E-state index in [2.05, 4.69) is 11.4 Å². The molecular formula is C9H16N2O. The second kappa shape index (κ2) is 4.44. The molecule has 0 spiro atoms. The fraction of sp³-hybridized carbons (Fsp3) is 0.889. The molecule has 1 aliphatic rings. The van der Waals surface area contributed by atoms with Crippen molar-refractivity contribution in [3.63, 3.8) is 0 Å². The average Bonchev–Trinajstić information content (AvgIpc) is 2.36. The van der Waals surface area contributed by atoms with Gasteiger partial charge >= 0.3 is 0 Å². The Balaban J connectivity index is 2.22. The molecule has 0 aromatic rings. The maximum Gasteiger partial charge on any atom is 0.0718 e. The molecule has 1 heterocycles. The summed E-state index contributed by atoms with van der Waals surface area (Å²) in [5, 5.41) is 11.7. The van der Waals surface area contributed by atoms with E-state index in [0.29, 0.717) is 18.6 Å². The lowest BCUT2D eigenvalue weighted by molar-refractivity contribution is 0.0188. The topological polar surface area (TPSA) is 45.0 Å². The molecule has 0 radical (unpaired) electrons. The third kappa shape index (κ3) is 2.80. The van der Waals surface area contributed by atoms with Gasteiger partial charge in [0.15, 0.2) is 0 Å². The highest BCUT2D eigenvalue weighted by atomic mass is 16.5. The Kier molecular flexibility index (Phi) is 3.51. The molecule has 1 saturated heterocycles. The van der Waals surface area contributed by atoms with Gasteiger partial charge in [0.2, 0.25) is 0 Å². The van der Waals surface area contributed by atoms with Crippen molar-refractivity contribution in [3.8, 4) is 6.07 Å². The number of hydrogen-bond acceptors (Lipinski definition) is 3. The molecule has 1 aliphatic heterocycles. The van der Waals surface area contributed by atoms with Crippen molar-refractivity contribution in [2.45, 2.75) is 44.9 Å². The summed E-state index contributed by atoms with van der Waals surface area (Å²) in [6.45, 7) is 4.97. The molecule has 3 heteroatoms. The van der Waals surface area contributed by atoms with Crippen molar-refractivity contribution in [3.05, 3.63) is 0 Å². The van der Waals surface area contributed by atoms with Crippen LogP contribution in [0.3, 0.4) is 0 Å². The van der Waals surface area contributed by atoms with Gasteiger partial charge in [0, 0.05) is 12.6 Å². The first-order valence-corrected chi connectivity index (χ1v) is 4.48. The van der Waals surface area contributed by atoms with Crippen molar-refractivity contribution >= 4 is 0 Å². The van der Waals surface area contributed by atoms with Crippen LogP contribution >= 0.6 is 0 Å². The molecule has 0 saturated carbocycles. The predicted octanol–water partition coefficient (Wildman–Crippen LogP) is 1.06. The fourth-order valence-electron chi connectivity index (χ4n) is 1.54. The van der Waals surface area contributed by atoms with E-state index in [1.165, 1.54) is 0 Å². The highest BCUT2D eigenvalue weighted by molar-refractivity contribution is 4.89. The zero-order valence-electron chi connectivity index (χ0n) is 7.71. The SMILES string of the molecule is CC(C)OC1CNC(CC#N)C1. The van der Waals surface area contributed by atoms with E-state index < -0.39 is 0 Å². The Morgan fingerprint density at radius 2 is 2.42 bits per heavy atom. The van der Waals surface area contributed by atoms with Gasteiger partial charge in [0.1, 0.15) is 0 Å². The van der Waals surface area contributed by atoms with Gasteiger partial charge in [-0.3, -0.25) is 0 Å². The summed E-state index contributed by atoms with van der Waals surface area (Å²) in [5.74, 6) is 0. The van der Waals surface area contributed by atoms with E-state index in [-0.39, 0.29) is 6.10 Å². The normalized spacial score (nSPS) is 29.2. The van der Waals surface area contributed by atoms with Gasteiger partial charge in [-0.1, -0.05) is 0 Å². The molecule has 12 heavy (non-hydrogen) atoms. The fourth-order valence-corrected chi connectivity index (χ4v) is 1.54. The highest BCUT2D eigenvalue weighted by Crippen LogP contribution is 2.13. The molecule has 1 N–H and O–H groups in total. The number of ether oxygens (including phenoxy) is 1. The van der Waals surface area contributed by atoms with Crippen LogP contribution in [0.2, 0.25) is 0 Å². The highest BCUT2D eigenvalue weighted by Gasteiger charge is 2.24. The van der Waals surface area contributed by atoms with Crippen molar-refractivity contribution in [1.29, 1.82) is 5.26 Å². The van der Waals surface area contributed by atoms with Gasteiger partial charge in [-0.25, -0.2) is 0 Å². The van der Waals surface area contributed by atoms with Crippen LogP contribution in [0.4, 0.5) is 0 Å². The summed E-state index contributed by atoms with van der Waals surface area (Å²) in [5.41, 5.74) is 0. The molecule has 1 fully saturated rings. The van der Waals surface area contributed by atoms with Crippen LogP contribution in [0.1, 0.15) is 26.7 Å². The third-order valence-electron chi connectivity index (χ3n) is 1.98. The lowest BCUT2D eigenvalue weighted by Crippen LogP contribution is -2.22. The summed E-state index contributed by atoms with van der Waals surface area (Å²) >= 11 is 0. The summed E-state index contributed by atoms with van der Waals surface area (Å²) in [7, 11) is 0. The van der Waals surface area contributed by atoms with Gasteiger partial charge in [-0.05, 0) is 20.3 Å². The monoisotopic (exact) mass is 168 g/mol. The van der Waals surface area contributed by atoms with Crippen LogP contribution in [0.5, 0.6) is 0 Å². The van der Waals surface area contributed by atoms with Gasteiger partial charge in [-0.15, -0.1) is 0 Å². The number of nitriles is 1. The molecule has 2 unspecified atom stereocenters. The van der Waals surface area contributed by atoms with Gasteiger partial charge in [0.05, 0.1) is 24.7 Å². The van der Waals surface area contributed by atoms with Crippen LogP contribution in [-0.2, 0) is 4.74 Å². The molecule has 0 aliphatic carbocycles. The molecule has 0 aromatic heterocycles. The first-order valence-electron chi connectivity index (χ1n) is 4.48. The van der Waals surface area contributed by atoms with Gasteiger partial charge in [-0.2, -0.15) is 5.26 Å². The van der Waals surface area contributed by atoms with Crippen LogP contribution in [0.15, 0.2) is 0 Å². The Hall–Kier alpha value is -0.590. The van der Waals surface area contributed by atoms with Crippen LogP contribution in [-0.4, -0.2) is 24.8 Å². The van der Waals surface area contributed by atoms with Gasteiger partial charge in [0.25, 0.3) is 0 Å². The van der Waals surface area contributed by atoms with Crippen LogP contribution < -0.4 is 5.32 Å². The molecule has 3 nitrogen and oxygen atoms in total. The maximum atomic E-state index is 8.46. The molecule has 1 rings (SSSR count). The minimum absolute atomic E-state index is 0.289. The third-order valence-corrected chi connectivity index (χ3v) is 1.98. The summed E-state index contributed by atoms with van der Waals surface area (Å²) < 4.78 is 5.62. The first kappa shape index (κ1) is 9.50. The first-order chi connectivity index (χ1) is 5.72. The van der Waals surface area contributed by atoms with E-state index in [1.807, 2.05) is 13.8 Å². The summed E-state index contributed by atoms with van der Waals surface area (Å²) in [4.78, 5) is 0. The zero-order valence-corrected chi connectivity index (χ0v) is 7.71. The molecule has 2 atom stereocenters. The Morgan fingerprint density at radius 1 is 1.67 bits per heavy atom. The quantitative estimate of drug-likeness (QED) is 0.685. The summed E-state index contributed by atoms with van der Waals surface area (Å²) in [6, 6.07) is 2.51. The second-order valence-electron chi connectivity index (χ2n) is 3.51. The predicted molar refractivity (Wildman–Crippen MR) is 46.6 cm³/mol. The molecular weight excluding hydrogens is 152 g/mol. The maximum absolute atomic E-state index is 8.46. The number of nitrogens with zero attached hydrogens (tertiary/aromatic N) is 1. The van der Waals surface area contributed by atoms with E-state index in [0.717, 1.165) is 13.0 Å². The lowest BCUT2D eigenvalue weighted by Gasteiger charge is -2.13. The number of nitrogens with one attached hydrogen (secondary N) is 1. The average molecular weight is 168 g/mol. The summed E-state index contributed by atoms with van der Waals surface area (Å²) in [6.07, 6.45) is 2.17. The smallest absolute Gasteiger partial charge is 0.0718 e. The van der Waals surface area contributed by atoms with Crippen LogP contribution in [0.25, 0.3) is 0 Å². The van der Waals surface area contributed by atoms with E-state index >= 15 is 0 Å². The second-order valence-corrected chi connectivity index (χ2v) is 3.51.